The number of amides is 2. The second kappa shape index (κ2) is 6.77. The van der Waals surface area contributed by atoms with Crippen molar-refractivity contribution in [2.24, 2.45) is 0 Å². The van der Waals surface area contributed by atoms with Gasteiger partial charge in [-0.05, 0) is 69.0 Å². The lowest BCUT2D eigenvalue weighted by Gasteiger charge is -2.64. The van der Waals surface area contributed by atoms with Crippen molar-refractivity contribution in [3.8, 4) is 11.5 Å². The molecule has 1 spiro atoms. The summed E-state index contributed by atoms with van der Waals surface area (Å²) >= 11 is 0. The number of likely N-dealkylation sites (tertiary alicyclic amines) is 1. The van der Waals surface area contributed by atoms with Crippen molar-refractivity contribution < 1.29 is 24.5 Å². The van der Waals surface area contributed by atoms with Crippen LogP contribution < -0.4 is 10.5 Å². The van der Waals surface area contributed by atoms with Gasteiger partial charge < -0.3 is 20.7 Å². The van der Waals surface area contributed by atoms with E-state index in [1.165, 1.54) is 4.90 Å². The molecule has 4 N–H and O–H groups in total. The van der Waals surface area contributed by atoms with Crippen LogP contribution in [0, 0.1) is 0 Å². The number of piperidine rings is 1. The standard InChI is InChI=1S/C27H29N3O5/c1-2-11-29-12-10-26-21-14-6-7-18(31)22(21)35-23(26)17(8-9-27(26,34)19(29)13-14)30-24(32)15-4-3-5-16(28)20(15)25(30)33/h3-7,17,19,23,31,34H,2,8-13,28H2,1H3/t17-,19+,23+,26+,27-/m1/s1. The Morgan fingerprint density at radius 3 is 2.77 bits per heavy atom. The van der Waals surface area contributed by atoms with Gasteiger partial charge in [0.05, 0.1) is 28.2 Å². The van der Waals surface area contributed by atoms with Gasteiger partial charge in [-0.2, -0.15) is 0 Å². The average molecular weight is 476 g/mol. The highest BCUT2D eigenvalue weighted by atomic mass is 16.5. The van der Waals surface area contributed by atoms with Crippen LogP contribution in [0.15, 0.2) is 30.3 Å². The largest absolute Gasteiger partial charge is 0.504 e. The van der Waals surface area contributed by atoms with Gasteiger partial charge in [0.15, 0.2) is 11.5 Å². The lowest BCUT2D eigenvalue weighted by Crippen LogP contribution is -2.78. The van der Waals surface area contributed by atoms with Gasteiger partial charge in [0.1, 0.15) is 6.10 Å². The van der Waals surface area contributed by atoms with Crippen molar-refractivity contribution in [2.45, 2.75) is 68.2 Å². The Balaban J connectivity index is 1.39. The highest BCUT2D eigenvalue weighted by molar-refractivity contribution is 6.23. The second-order valence-corrected chi connectivity index (χ2v) is 10.7. The lowest BCUT2D eigenvalue weighted by atomic mass is 9.48. The van der Waals surface area contributed by atoms with E-state index in [9.17, 15) is 19.8 Å². The fourth-order valence-corrected chi connectivity index (χ4v) is 8.05. The van der Waals surface area contributed by atoms with Crippen LogP contribution in [0.4, 0.5) is 5.69 Å². The first-order valence-electron chi connectivity index (χ1n) is 12.6. The predicted octanol–water partition coefficient (Wildman–Crippen LogP) is 2.20. The van der Waals surface area contributed by atoms with Gasteiger partial charge in [-0.3, -0.25) is 19.4 Å². The maximum absolute atomic E-state index is 13.6. The van der Waals surface area contributed by atoms with Crippen LogP contribution in [-0.2, 0) is 11.8 Å². The Morgan fingerprint density at radius 2 is 2.00 bits per heavy atom. The minimum atomic E-state index is -1.08. The normalized spacial score (nSPS) is 34.6. The van der Waals surface area contributed by atoms with Gasteiger partial charge in [-0.1, -0.05) is 19.1 Å². The third-order valence-corrected chi connectivity index (χ3v) is 9.36. The fraction of sp³-hybridized carbons (Fsp3) is 0.481. The number of aliphatic hydroxyl groups is 1. The summed E-state index contributed by atoms with van der Waals surface area (Å²) in [6.45, 7) is 3.83. The molecule has 0 radical (unpaired) electrons. The monoisotopic (exact) mass is 475 g/mol. The number of nitrogens with two attached hydrogens (primary N) is 1. The van der Waals surface area contributed by atoms with E-state index in [0.717, 1.165) is 30.6 Å². The zero-order valence-corrected chi connectivity index (χ0v) is 19.7. The summed E-state index contributed by atoms with van der Waals surface area (Å²) in [6, 6.07) is 7.90. The number of imide groups is 1. The zero-order chi connectivity index (χ0) is 24.3. The highest BCUT2D eigenvalue weighted by Crippen LogP contribution is 2.66. The molecule has 2 bridgehead atoms. The number of nitrogens with zero attached hydrogens (tertiary/aromatic N) is 2. The lowest BCUT2D eigenvalue weighted by molar-refractivity contribution is -0.195. The topological polar surface area (TPSA) is 116 Å². The maximum atomic E-state index is 13.6. The first-order chi connectivity index (χ1) is 16.8. The summed E-state index contributed by atoms with van der Waals surface area (Å²) in [5, 5.41) is 23.3. The van der Waals surface area contributed by atoms with E-state index < -0.39 is 29.1 Å². The van der Waals surface area contributed by atoms with Crippen molar-refractivity contribution >= 4 is 17.5 Å². The van der Waals surface area contributed by atoms with Crippen molar-refractivity contribution in [1.82, 2.24) is 9.80 Å². The Hall–Kier alpha value is -3.10. The predicted molar refractivity (Wildman–Crippen MR) is 128 cm³/mol. The average Bonchev–Trinajstić information content (AvgIpc) is 3.31. The molecular weight excluding hydrogens is 446 g/mol. The Morgan fingerprint density at radius 1 is 1.17 bits per heavy atom. The van der Waals surface area contributed by atoms with E-state index >= 15 is 0 Å². The first kappa shape index (κ1) is 21.2. The van der Waals surface area contributed by atoms with Gasteiger partial charge >= 0.3 is 0 Å². The minimum Gasteiger partial charge on any atom is -0.504 e. The third-order valence-electron chi connectivity index (χ3n) is 9.36. The molecular formula is C27H29N3O5. The van der Waals surface area contributed by atoms with Crippen LogP contribution in [0.25, 0.3) is 0 Å². The number of aromatic hydroxyl groups is 1. The molecule has 1 saturated heterocycles. The Labute approximate surface area is 203 Å². The number of carbonyl (C=O) groups is 2. The number of benzene rings is 2. The highest BCUT2D eigenvalue weighted by Gasteiger charge is 2.74. The SMILES string of the molecule is CCCN1CC[C@]23c4c5ccc(O)c4O[C@H]2[C@H](N2C(=O)c4cccc(N)c4C2=O)CC[C@@]3(O)[C@@H]1C5. The molecule has 3 aliphatic heterocycles. The molecule has 0 aromatic heterocycles. The van der Waals surface area contributed by atoms with E-state index in [-0.39, 0.29) is 28.9 Å². The number of phenolic OH excluding ortho intramolecular Hbond substituents is 1. The van der Waals surface area contributed by atoms with Gasteiger partial charge in [0, 0.05) is 17.3 Å². The number of hydrogen-bond acceptors (Lipinski definition) is 7. The first-order valence-corrected chi connectivity index (χ1v) is 12.6. The molecule has 7 rings (SSSR count). The molecule has 2 fully saturated rings. The van der Waals surface area contributed by atoms with Crippen LogP contribution in [0.5, 0.6) is 11.5 Å². The van der Waals surface area contributed by atoms with Gasteiger partial charge in [0.2, 0.25) is 0 Å². The molecule has 8 heteroatoms. The van der Waals surface area contributed by atoms with E-state index in [4.69, 9.17) is 10.5 Å². The Kier molecular flexibility index (Phi) is 4.10. The summed E-state index contributed by atoms with van der Waals surface area (Å²) in [7, 11) is 0. The zero-order valence-electron chi connectivity index (χ0n) is 19.7. The smallest absolute Gasteiger partial charge is 0.264 e. The van der Waals surface area contributed by atoms with Crippen LogP contribution in [0.3, 0.4) is 0 Å². The molecule has 5 atom stereocenters. The van der Waals surface area contributed by atoms with Gasteiger partial charge in [0.25, 0.3) is 11.8 Å². The quantitative estimate of drug-likeness (QED) is 0.460. The van der Waals surface area contributed by atoms with Crippen LogP contribution in [0.2, 0.25) is 0 Å². The molecule has 5 aliphatic rings. The van der Waals surface area contributed by atoms with Crippen LogP contribution >= 0.6 is 0 Å². The molecule has 0 unspecified atom stereocenters. The number of phenols is 1. The number of anilines is 1. The summed E-state index contributed by atoms with van der Waals surface area (Å²) in [5.41, 5.74) is 7.01. The molecule has 2 aromatic rings. The van der Waals surface area contributed by atoms with Crippen LogP contribution in [-0.4, -0.2) is 68.7 Å². The van der Waals surface area contributed by atoms with Crippen molar-refractivity contribution in [2.75, 3.05) is 18.8 Å². The molecule has 2 aliphatic carbocycles. The number of carbonyl (C=O) groups excluding carboxylic acids is 2. The van der Waals surface area contributed by atoms with Gasteiger partial charge in [-0.25, -0.2) is 0 Å². The molecule has 2 aromatic carbocycles. The van der Waals surface area contributed by atoms with Crippen molar-refractivity contribution in [1.29, 1.82) is 0 Å². The molecule has 35 heavy (non-hydrogen) atoms. The van der Waals surface area contributed by atoms with Crippen molar-refractivity contribution in [3.05, 3.63) is 52.6 Å². The molecule has 8 nitrogen and oxygen atoms in total. The number of hydrogen-bond donors (Lipinski definition) is 3. The minimum absolute atomic E-state index is 0.0367. The second-order valence-electron chi connectivity index (χ2n) is 10.7. The molecule has 182 valence electrons. The number of nitrogen functional groups attached to an aromatic ring is 1. The third kappa shape index (κ3) is 2.30. The molecule has 3 heterocycles. The number of ether oxygens (including phenoxy) is 1. The maximum Gasteiger partial charge on any atom is 0.264 e. The molecule has 2 amide bonds. The Bertz CT molecular complexity index is 1310. The number of rotatable bonds is 3. The number of fused-ring (bicyclic) bond motifs is 1. The van der Waals surface area contributed by atoms with Gasteiger partial charge in [-0.15, -0.1) is 0 Å². The van der Waals surface area contributed by atoms with E-state index in [0.29, 0.717) is 37.0 Å². The summed E-state index contributed by atoms with van der Waals surface area (Å²) in [6.07, 6.45) is 2.54. The van der Waals surface area contributed by atoms with E-state index in [1.807, 2.05) is 6.07 Å². The van der Waals surface area contributed by atoms with E-state index in [2.05, 4.69) is 11.8 Å². The summed E-state index contributed by atoms with van der Waals surface area (Å²) in [4.78, 5) is 30.8. The molecule has 1 saturated carbocycles. The van der Waals surface area contributed by atoms with Crippen LogP contribution in [0.1, 0.15) is 64.4 Å². The summed E-state index contributed by atoms with van der Waals surface area (Å²) < 4.78 is 6.51. The summed E-state index contributed by atoms with van der Waals surface area (Å²) in [5.74, 6) is -0.343. The fourth-order valence-electron chi connectivity index (χ4n) is 8.05. The van der Waals surface area contributed by atoms with E-state index in [1.54, 1.807) is 24.3 Å². The van der Waals surface area contributed by atoms with Crippen molar-refractivity contribution in [3.63, 3.8) is 0 Å².